The highest BCUT2D eigenvalue weighted by molar-refractivity contribution is 5.86. The van der Waals surface area contributed by atoms with E-state index in [-0.39, 0.29) is 18.9 Å². The lowest BCUT2D eigenvalue weighted by Gasteiger charge is -2.45. The van der Waals surface area contributed by atoms with Gasteiger partial charge in [-0.2, -0.15) is 0 Å². The molecule has 232 valence electrons. The van der Waals surface area contributed by atoms with Crippen molar-refractivity contribution in [1.29, 1.82) is 0 Å². The second-order valence-corrected chi connectivity index (χ2v) is 13.6. The molecule has 1 spiro atoms. The van der Waals surface area contributed by atoms with E-state index in [0.717, 1.165) is 12.8 Å². The molecule has 2 aromatic carbocycles. The minimum absolute atomic E-state index is 0.112. The Labute approximate surface area is 255 Å². The molecule has 0 N–H and O–H groups in total. The van der Waals surface area contributed by atoms with E-state index < -0.39 is 35.4 Å². The van der Waals surface area contributed by atoms with Gasteiger partial charge in [0.25, 0.3) is 0 Å². The maximum Gasteiger partial charge on any atom is 0.348 e. The van der Waals surface area contributed by atoms with Gasteiger partial charge in [-0.3, -0.25) is 9.59 Å². The third-order valence-corrected chi connectivity index (χ3v) is 9.63. The molecule has 0 saturated heterocycles. The summed E-state index contributed by atoms with van der Waals surface area (Å²) in [6.45, 7) is 6.91. The topological polar surface area (TPSA) is 88.1 Å². The zero-order valence-corrected chi connectivity index (χ0v) is 26.0. The van der Waals surface area contributed by atoms with Crippen molar-refractivity contribution in [2.75, 3.05) is 0 Å². The second kappa shape index (κ2) is 12.8. The Morgan fingerprint density at radius 1 is 0.814 bits per heavy atom. The van der Waals surface area contributed by atoms with Crippen molar-refractivity contribution in [3.05, 3.63) is 71.8 Å². The van der Waals surface area contributed by atoms with Crippen LogP contribution in [-0.4, -0.2) is 35.9 Å². The van der Waals surface area contributed by atoms with Crippen LogP contribution in [0.1, 0.15) is 103 Å². The Bertz CT molecular complexity index is 1200. The zero-order chi connectivity index (χ0) is 30.7. The molecule has 7 heteroatoms. The van der Waals surface area contributed by atoms with Crippen molar-refractivity contribution in [1.82, 2.24) is 0 Å². The van der Waals surface area contributed by atoms with Crippen LogP contribution >= 0.6 is 0 Å². The Morgan fingerprint density at radius 2 is 1.33 bits per heavy atom. The first kappa shape index (κ1) is 31.2. The number of hydrogen-bond acceptors (Lipinski definition) is 7. The van der Waals surface area contributed by atoms with E-state index >= 15 is 0 Å². The lowest BCUT2D eigenvalue weighted by atomic mass is 9.63. The zero-order valence-electron chi connectivity index (χ0n) is 26.0. The highest BCUT2D eigenvalue weighted by Gasteiger charge is 2.56. The normalized spacial score (nSPS) is 23.5. The molecule has 0 radical (unpaired) electrons. The third-order valence-electron chi connectivity index (χ3n) is 9.63. The van der Waals surface area contributed by atoms with E-state index in [1.807, 2.05) is 60.7 Å². The van der Waals surface area contributed by atoms with E-state index in [1.54, 1.807) is 27.7 Å². The van der Waals surface area contributed by atoms with Crippen LogP contribution in [0.3, 0.4) is 0 Å². The van der Waals surface area contributed by atoms with Crippen LogP contribution in [0.25, 0.3) is 0 Å². The fraction of sp³-hybridized carbons (Fsp3) is 0.583. The lowest BCUT2D eigenvalue weighted by molar-refractivity contribution is -0.219. The molecule has 5 rings (SSSR count). The molecule has 3 aliphatic rings. The molecule has 0 aliphatic heterocycles. The Hall–Kier alpha value is -3.19. The first-order chi connectivity index (χ1) is 20.5. The summed E-state index contributed by atoms with van der Waals surface area (Å²) in [5.74, 6) is -0.411. The van der Waals surface area contributed by atoms with E-state index in [2.05, 4.69) is 0 Å². The highest BCUT2D eigenvalue weighted by Crippen LogP contribution is 2.63. The monoisotopic (exact) mass is 590 g/mol. The van der Waals surface area contributed by atoms with Crippen LogP contribution in [0.2, 0.25) is 0 Å². The number of hydrogen-bond donors (Lipinski definition) is 0. The van der Waals surface area contributed by atoms with Gasteiger partial charge in [-0.25, -0.2) is 4.79 Å². The Balaban J connectivity index is 1.36. The number of carbonyl (C=O) groups is 3. The molecular weight excluding hydrogens is 544 g/mol. The molecule has 3 unspecified atom stereocenters. The van der Waals surface area contributed by atoms with Crippen LogP contribution in [0.15, 0.2) is 60.7 Å². The maximum atomic E-state index is 14.5. The molecule has 2 aromatic rings. The summed E-state index contributed by atoms with van der Waals surface area (Å²) in [5.41, 5.74) is -0.673. The summed E-state index contributed by atoms with van der Waals surface area (Å²) in [4.78, 5) is 39.4. The molecule has 3 fully saturated rings. The Morgan fingerprint density at radius 3 is 1.84 bits per heavy atom. The van der Waals surface area contributed by atoms with Gasteiger partial charge < -0.3 is 18.9 Å². The van der Waals surface area contributed by atoms with Crippen molar-refractivity contribution in [2.45, 2.75) is 115 Å². The largest absolute Gasteiger partial charge is 0.460 e. The average molecular weight is 591 g/mol. The van der Waals surface area contributed by atoms with E-state index in [9.17, 15) is 14.4 Å². The standard InChI is InChI=1S/C36H46O7/c1-25(40-31(37)19-20-32(38)43-34(2,3)4)42-36(26-13-7-5-8-14-26,27-15-9-6-10-16-27)33(39)41-30-23-28-17-18-29(24-30)35(28)21-11-12-22-35/h5-10,13-16,25,28-30H,11-12,17-24H2,1-4H3. The Kier molecular flexibility index (Phi) is 9.31. The molecule has 3 atom stereocenters. The van der Waals surface area contributed by atoms with Gasteiger partial charge in [-0.15, -0.1) is 0 Å². The number of esters is 3. The fourth-order valence-electron chi connectivity index (χ4n) is 7.97. The average Bonchev–Trinajstić information content (AvgIpc) is 3.51. The van der Waals surface area contributed by atoms with E-state index in [1.165, 1.54) is 38.5 Å². The molecule has 0 aromatic heterocycles. The molecule has 43 heavy (non-hydrogen) atoms. The predicted octanol–water partition coefficient (Wildman–Crippen LogP) is 7.25. The van der Waals surface area contributed by atoms with Crippen LogP contribution in [0.4, 0.5) is 0 Å². The lowest BCUT2D eigenvalue weighted by Crippen LogP contribution is -2.47. The molecule has 0 amide bonds. The van der Waals surface area contributed by atoms with Gasteiger partial charge in [0.1, 0.15) is 11.7 Å². The van der Waals surface area contributed by atoms with Crippen LogP contribution < -0.4 is 0 Å². The molecule has 3 saturated carbocycles. The third kappa shape index (κ3) is 6.82. The first-order valence-corrected chi connectivity index (χ1v) is 15.9. The van der Waals surface area contributed by atoms with E-state index in [0.29, 0.717) is 28.4 Å². The second-order valence-electron chi connectivity index (χ2n) is 13.6. The van der Waals surface area contributed by atoms with Crippen LogP contribution in [0.5, 0.6) is 0 Å². The summed E-state index contributed by atoms with van der Waals surface area (Å²) in [6.07, 6.45) is 7.87. The van der Waals surface area contributed by atoms with Gasteiger partial charge in [-0.05, 0) is 94.6 Å². The number of carbonyl (C=O) groups excluding carboxylic acids is 3. The quantitative estimate of drug-likeness (QED) is 0.164. The summed E-state index contributed by atoms with van der Waals surface area (Å²) in [7, 11) is 0. The van der Waals surface area contributed by atoms with E-state index in [4.69, 9.17) is 18.9 Å². The van der Waals surface area contributed by atoms with Crippen molar-refractivity contribution >= 4 is 17.9 Å². The number of benzene rings is 2. The van der Waals surface area contributed by atoms with Crippen LogP contribution in [-0.2, 0) is 38.9 Å². The predicted molar refractivity (Wildman–Crippen MR) is 162 cm³/mol. The van der Waals surface area contributed by atoms with Gasteiger partial charge in [0.05, 0.1) is 12.8 Å². The first-order valence-electron chi connectivity index (χ1n) is 15.9. The SMILES string of the molecule is CC(OC(=O)CCC(=O)OC(C)(C)C)OC(C(=O)OC1CC2CCC(C1)C21CCCC1)(c1ccccc1)c1ccccc1. The fourth-order valence-corrected chi connectivity index (χ4v) is 7.97. The van der Waals surface area contributed by atoms with Crippen molar-refractivity contribution in [3.8, 4) is 0 Å². The maximum absolute atomic E-state index is 14.5. The number of rotatable bonds is 10. The minimum Gasteiger partial charge on any atom is -0.460 e. The summed E-state index contributed by atoms with van der Waals surface area (Å²) in [5, 5.41) is 0. The molecular formula is C36H46O7. The van der Waals surface area contributed by atoms with Crippen molar-refractivity contribution < 1.29 is 33.3 Å². The molecule has 3 aliphatic carbocycles. The smallest absolute Gasteiger partial charge is 0.348 e. The molecule has 0 heterocycles. The summed E-state index contributed by atoms with van der Waals surface area (Å²) < 4.78 is 23.8. The summed E-state index contributed by atoms with van der Waals surface area (Å²) in [6, 6.07) is 18.5. The van der Waals surface area contributed by atoms with Crippen molar-refractivity contribution in [2.24, 2.45) is 17.3 Å². The van der Waals surface area contributed by atoms with Crippen LogP contribution in [0, 0.1) is 17.3 Å². The minimum atomic E-state index is -1.66. The molecule has 7 nitrogen and oxygen atoms in total. The van der Waals surface area contributed by atoms with Gasteiger partial charge >= 0.3 is 17.9 Å². The summed E-state index contributed by atoms with van der Waals surface area (Å²) >= 11 is 0. The van der Waals surface area contributed by atoms with Gasteiger partial charge in [0.2, 0.25) is 11.9 Å². The van der Waals surface area contributed by atoms with Gasteiger partial charge in [0.15, 0.2) is 0 Å². The highest BCUT2D eigenvalue weighted by atomic mass is 16.7. The van der Waals surface area contributed by atoms with Gasteiger partial charge in [-0.1, -0.05) is 73.5 Å². The van der Waals surface area contributed by atoms with Gasteiger partial charge in [0, 0.05) is 0 Å². The molecule has 2 bridgehead atoms. The number of ether oxygens (including phenoxy) is 4. The van der Waals surface area contributed by atoms with Crippen molar-refractivity contribution in [3.63, 3.8) is 0 Å².